The first-order valence-corrected chi connectivity index (χ1v) is 9.48. The van der Waals surface area contributed by atoms with Crippen LogP contribution in [-0.2, 0) is 11.3 Å². The first-order chi connectivity index (χ1) is 11.7. The normalized spacial score (nSPS) is 23.7. The molecular formula is C20H31ClN2O2. The fourth-order valence-corrected chi connectivity index (χ4v) is 3.89. The molecule has 0 bridgehead atoms. The number of ether oxygens (including phenoxy) is 1. The number of rotatable bonds is 6. The highest BCUT2D eigenvalue weighted by Crippen LogP contribution is 2.27. The van der Waals surface area contributed by atoms with Gasteiger partial charge < -0.3 is 15.8 Å². The van der Waals surface area contributed by atoms with E-state index in [2.05, 4.69) is 5.32 Å². The maximum atomic E-state index is 12.1. The third-order valence-corrected chi connectivity index (χ3v) is 5.43. The molecule has 2 fully saturated rings. The zero-order valence-corrected chi connectivity index (χ0v) is 15.7. The van der Waals surface area contributed by atoms with Gasteiger partial charge in [0.1, 0.15) is 5.75 Å². The van der Waals surface area contributed by atoms with E-state index >= 15 is 0 Å². The van der Waals surface area contributed by atoms with Crippen LogP contribution in [0.1, 0.15) is 63.4 Å². The van der Waals surface area contributed by atoms with E-state index in [9.17, 15) is 4.79 Å². The summed E-state index contributed by atoms with van der Waals surface area (Å²) >= 11 is 0. The molecule has 0 aromatic heterocycles. The van der Waals surface area contributed by atoms with E-state index in [1.807, 2.05) is 24.3 Å². The summed E-state index contributed by atoms with van der Waals surface area (Å²) in [4.78, 5) is 12.1. The number of carbonyl (C=O) groups excluding carboxylic acids is 1. The minimum absolute atomic E-state index is 0. The summed E-state index contributed by atoms with van der Waals surface area (Å²) < 4.78 is 6.04. The molecule has 0 saturated heterocycles. The monoisotopic (exact) mass is 366 g/mol. The second kappa shape index (κ2) is 10.0. The van der Waals surface area contributed by atoms with Crippen molar-refractivity contribution in [3.8, 4) is 5.75 Å². The molecule has 2 aliphatic rings. The fraction of sp³-hybridized carbons (Fsp3) is 0.650. The van der Waals surface area contributed by atoms with Gasteiger partial charge in [-0.05, 0) is 62.1 Å². The van der Waals surface area contributed by atoms with Gasteiger partial charge in [0.2, 0.25) is 5.91 Å². The van der Waals surface area contributed by atoms with Crippen molar-refractivity contribution in [3.63, 3.8) is 0 Å². The third-order valence-electron chi connectivity index (χ3n) is 5.43. The van der Waals surface area contributed by atoms with Gasteiger partial charge in [-0.3, -0.25) is 4.79 Å². The van der Waals surface area contributed by atoms with E-state index in [0.717, 1.165) is 30.6 Å². The molecule has 4 nitrogen and oxygen atoms in total. The molecule has 0 heterocycles. The molecule has 1 aromatic rings. The summed E-state index contributed by atoms with van der Waals surface area (Å²) in [6.45, 7) is 0.574. The van der Waals surface area contributed by atoms with Crippen LogP contribution < -0.4 is 15.8 Å². The van der Waals surface area contributed by atoms with Crippen LogP contribution in [0.5, 0.6) is 5.75 Å². The van der Waals surface area contributed by atoms with Crippen molar-refractivity contribution in [1.82, 2.24) is 5.32 Å². The summed E-state index contributed by atoms with van der Waals surface area (Å²) in [5, 5.41) is 3.01. The van der Waals surface area contributed by atoms with Crippen LogP contribution in [0, 0.1) is 5.92 Å². The van der Waals surface area contributed by atoms with Crippen LogP contribution in [0.3, 0.4) is 0 Å². The van der Waals surface area contributed by atoms with E-state index < -0.39 is 0 Å². The molecule has 0 spiro atoms. The number of carbonyl (C=O) groups is 1. The third kappa shape index (κ3) is 6.19. The quantitative estimate of drug-likeness (QED) is 0.801. The number of benzene rings is 1. The fourth-order valence-electron chi connectivity index (χ4n) is 3.89. The SMILES string of the molecule is Cl.N[C@@H]1CCC[C@H]1CC(=O)NCc1ccc(OC2CCCCC2)cc1. The summed E-state index contributed by atoms with van der Waals surface area (Å²) in [7, 11) is 0. The van der Waals surface area contributed by atoms with Gasteiger partial charge in [0.15, 0.2) is 0 Å². The lowest BCUT2D eigenvalue weighted by Crippen LogP contribution is -2.31. The van der Waals surface area contributed by atoms with Crippen molar-refractivity contribution < 1.29 is 9.53 Å². The molecular weight excluding hydrogens is 336 g/mol. The number of nitrogens with two attached hydrogens (primary N) is 1. The number of nitrogens with one attached hydrogen (secondary N) is 1. The van der Waals surface area contributed by atoms with E-state index in [1.54, 1.807) is 0 Å². The Hall–Kier alpha value is -1.26. The Morgan fingerprint density at radius 1 is 1.04 bits per heavy atom. The van der Waals surface area contributed by atoms with E-state index in [4.69, 9.17) is 10.5 Å². The number of amides is 1. The molecule has 3 N–H and O–H groups in total. The van der Waals surface area contributed by atoms with Gasteiger partial charge in [-0.2, -0.15) is 0 Å². The van der Waals surface area contributed by atoms with Crippen molar-refractivity contribution in [2.75, 3.05) is 0 Å². The van der Waals surface area contributed by atoms with Crippen LogP contribution in [0.15, 0.2) is 24.3 Å². The Morgan fingerprint density at radius 2 is 1.76 bits per heavy atom. The molecule has 0 radical (unpaired) electrons. The second-order valence-corrected chi connectivity index (χ2v) is 7.36. The summed E-state index contributed by atoms with van der Waals surface area (Å²) in [5.41, 5.74) is 7.14. The van der Waals surface area contributed by atoms with Gasteiger partial charge in [0, 0.05) is 19.0 Å². The van der Waals surface area contributed by atoms with Crippen molar-refractivity contribution in [2.24, 2.45) is 11.7 Å². The molecule has 140 valence electrons. The lowest BCUT2D eigenvalue weighted by atomic mass is 9.98. The molecule has 25 heavy (non-hydrogen) atoms. The Kier molecular flexibility index (Phi) is 8.04. The van der Waals surface area contributed by atoms with E-state index in [-0.39, 0.29) is 24.4 Å². The van der Waals surface area contributed by atoms with Gasteiger partial charge in [0.25, 0.3) is 0 Å². The molecule has 5 heteroatoms. The summed E-state index contributed by atoms with van der Waals surface area (Å²) in [6.07, 6.45) is 10.5. The average Bonchev–Trinajstić information content (AvgIpc) is 3.00. The number of hydrogen-bond donors (Lipinski definition) is 2. The highest BCUT2D eigenvalue weighted by atomic mass is 35.5. The zero-order chi connectivity index (χ0) is 16.8. The summed E-state index contributed by atoms with van der Waals surface area (Å²) in [5.74, 6) is 1.41. The van der Waals surface area contributed by atoms with Crippen molar-refractivity contribution in [3.05, 3.63) is 29.8 Å². The molecule has 2 atom stereocenters. The van der Waals surface area contributed by atoms with Crippen LogP contribution in [0.2, 0.25) is 0 Å². The molecule has 1 amide bonds. The first-order valence-electron chi connectivity index (χ1n) is 9.48. The Labute approximate surface area is 157 Å². The molecule has 3 rings (SSSR count). The second-order valence-electron chi connectivity index (χ2n) is 7.36. The molecule has 2 saturated carbocycles. The van der Waals surface area contributed by atoms with Crippen LogP contribution >= 0.6 is 12.4 Å². The standard InChI is InChI=1S/C20H30N2O2.ClH/c21-19-8-4-5-16(19)13-20(23)22-14-15-9-11-18(12-10-15)24-17-6-2-1-3-7-17;/h9-12,16-17,19H,1-8,13-14,21H2,(H,22,23);1H/t16-,19+;/m0./s1. The van der Waals surface area contributed by atoms with Crippen LogP contribution in [0.4, 0.5) is 0 Å². The Morgan fingerprint density at radius 3 is 2.40 bits per heavy atom. The Bertz CT molecular complexity index is 529. The predicted octanol–water partition coefficient (Wildman–Crippen LogP) is 3.95. The van der Waals surface area contributed by atoms with Crippen LogP contribution in [-0.4, -0.2) is 18.1 Å². The maximum Gasteiger partial charge on any atom is 0.220 e. The molecule has 2 aliphatic carbocycles. The first kappa shape index (κ1) is 20.1. The smallest absolute Gasteiger partial charge is 0.220 e. The predicted molar refractivity (Wildman–Crippen MR) is 103 cm³/mol. The van der Waals surface area contributed by atoms with Crippen LogP contribution in [0.25, 0.3) is 0 Å². The van der Waals surface area contributed by atoms with Gasteiger partial charge in [-0.25, -0.2) is 0 Å². The highest BCUT2D eigenvalue weighted by molar-refractivity contribution is 5.85. The largest absolute Gasteiger partial charge is 0.490 e. The number of hydrogen-bond acceptors (Lipinski definition) is 3. The van der Waals surface area contributed by atoms with Gasteiger partial charge >= 0.3 is 0 Å². The number of halogens is 1. The van der Waals surface area contributed by atoms with Gasteiger partial charge in [0.05, 0.1) is 6.10 Å². The van der Waals surface area contributed by atoms with Crippen molar-refractivity contribution >= 4 is 18.3 Å². The molecule has 0 unspecified atom stereocenters. The zero-order valence-electron chi connectivity index (χ0n) is 14.9. The highest BCUT2D eigenvalue weighted by Gasteiger charge is 2.25. The summed E-state index contributed by atoms with van der Waals surface area (Å²) in [6, 6.07) is 8.32. The van der Waals surface area contributed by atoms with E-state index in [0.29, 0.717) is 25.0 Å². The average molecular weight is 367 g/mol. The van der Waals surface area contributed by atoms with Crippen molar-refractivity contribution in [2.45, 2.75) is 76.5 Å². The lowest BCUT2D eigenvalue weighted by Gasteiger charge is -2.23. The Balaban J connectivity index is 0.00000225. The van der Waals surface area contributed by atoms with E-state index in [1.165, 1.54) is 32.1 Å². The minimum atomic E-state index is 0. The maximum absolute atomic E-state index is 12.1. The van der Waals surface area contributed by atoms with Crippen molar-refractivity contribution in [1.29, 1.82) is 0 Å². The van der Waals surface area contributed by atoms with Gasteiger partial charge in [-0.1, -0.05) is 25.0 Å². The minimum Gasteiger partial charge on any atom is -0.490 e. The molecule has 0 aliphatic heterocycles. The topological polar surface area (TPSA) is 64.4 Å². The lowest BCUT2D eigenvalue weighted by molar-refractivity contribution is -0.122. The molecule has 1 aromatic carbocycles. The van der Waals surface area contributed by atoms with Gasteiger partial charge in [-0.15, -0.1) is 12.4 Å².